The lowest BCUT2D eigenvalue weighted by Crippen LogP contribution is -2.45. The van der Waals surface area contributed by atoms with Crippen LogP contribution in [0.2, 0.25) is 0 Å². The number of benzene rings is 1. The smallest absolute Gasteiger partial charge is 0.322 e. The molecule has 7 nitrogen and oxygen atoms in total. The Kier molecular flexibility index (Phi) is 4.97. The first-order valence-electron chi connectivity index (χ1n) is 9.49. The van der Waals surface area contributed by atoms with Crippen LogP contribution in [-0.2, 0) is 6.54 Å². The van der Waals surface area contributed by atoms with Crippen molar-refractivity contribution in [3.63, 3.8) is 0 Å². The minimum absolute atomic E-state index is 0.113. The number of hydrogen-bond donors (Lipinski definition) is 1. The number of amides is 2. The number of carbonyl (C=O) groups excluding carboxylic acids is 1. The summed E-state index contributed by atoms with van der Waals surface area (Å²) in [4.78, 5) is 21.8. The van der Waals surface area contributed by atoms with E-state index in [1.807, 2.05) is 41.4 Å². The predicted octanol–water partition coefficient (Wildman–Crippen LogP) is 3.53. The number of nitrogens with zero attached hydrogens (tertiary/aromatic N) is 5. The fourth-order valence-corrected chi connectivity index (χ4v) is 3.69. The highest BCUT2D eigenvalue weighted by molar-refractivity contribution is 5.91. The summed E-state index contributed by atoms with van der Waals surface area (Å²) in [5, 5.41) is 7.29. The monoisotopic (exact) mass is 376 g/mol. The topological polar surface area (TPSA) is 66.3 Å². The lowest BCUT2D eigenvalue weighted by molar-refractivity contribution is 0.185. The van der Waals surface area contributed by atoms with E-state index in [0.29, 0.717) is 18.1 Å². The molecule has 2 amide bonds. The van der Waals surface area contributed by atoms with Crippen LogP contribution in [0.4, 0.5) is 16.2 Å². The quantitative estimate of drug-likeness (QED) is 0.759. The number of aromatic nitrogens is 3. The van der Waals surface area contributed by atoms with Crippen LogP contribution in [0.5, 0.6) is 0 Å². The summed E-state index contributed by atoms with van der Waals surface area (Å²) in [5.74, 6) is 0.598. The molecule has 1 aliphatic heterocycles. The van der Waals surface area contributed by atoms with Gasteiger partial charge in [0.2, 0.25) is 0 Å². The summed E-state index contributed by atoms with van der Waals surface area (Å²) in [6.07, 6.45) is 6.07. The zero-order valence-electron chi connectivity index (χ0n) is 16.1. The van der Waals surface area contributed by atoms with Gasteiger partial charge in [-0.15, -0.1) is 0 Å². The minimum atomic E-state index is -0.127. The Labute approximate surface area is 164 Å². The molecule has 7 heteroatoms. The molecule has 0 saturated carbocycles. The molecule has 144 valence electrons. The average Bonchev–Trinajstić information content (AvgIpc) is 3.21. The normalized spacial score (nSPS) is 16.4. The van der Waals surface area contributed by atoms with Crippen LogP contribution in [0.15, 0.2) is 61.1 Å². The van der Waals surface area contributed by atoms with Crippen molar-refractivity contribution in [3.8, 4) is 5.82 Å². The molecule has 0 saturated heterocycles. The first kappa shape index (κ1) is 18.0. The summed E-state index contributed by atoms with van der Waals surface area (Å²) < 4.78 is 1.65. The third-order valence-electron chi connectivity index (χ3n) is 5.15. The Bertz CT molecular complexity index is 955. The third-order valence-corrected chi connectivity index (χ3v) is 5.15. The highest BCUT2D eigenvalue weighted by atomic mass is 16.2. The zero-order valence-corrected chi connectivity index (χ0v) is 16.1. The number of likely N-dealkylation sites (N-methyl/N-ethyl adjacent to an activating group) is 1. The molecule has 1 atom stereocenters. The number of pyridine rings is 1. The lowest BCUT2D eigenvalue weighted by atomic mass is 10.1. The maximum atomic E-state index is 13.3. The van der Waals surface area contributed by atoms with Gasteiger partial charge in [0.25, 0.3) is 0 Å². The van der Waals surface area contributed by atoms with Crippen molar-refractivity contribution < 1.29 is 4.79 Å². The van der Waals surface area contributed by atoms with E-state index in [4.69, 9.17) is 0 Å². The average molecular weight is 376 g/mol. The van der Waals surface area contributed by atoms with Crippen molar-refractivity contribution in [2.45, 2.75) is 25.9 Å². The number of para-hydroxylation sites is 1. The van der Waals surface area contributed by atoms with Gasteiger partial charge in [-0.05, 0) is 36.2 Å². The van der Waals surface area contributed by atoms with Crippen molar-refractivity contribution in [1.82, 2.24) is 19.7 Å². The molecule has 2 aromatic heterocycles. The second-order valence-corrected chi connectivity index (χ2v) is 6.95. The highest BCUT2D eigenvalue weighted by Crippen LogP contribution is 2.28. The van der Waals surface area contributed by atoms with Gasteiger partial charge in [-0.3, -0.25) is 0 Å². The van der Waals surface area contributed by atoms with E-state index >= 15 is 0 Å². The van der Waals surface area contributed by atoms with Gasteiger partial charge in [0.1, 0.15) is 0 Å². The molecule has 28 heavy (non-hydrogen) atoms. The van der Waals surface area contributed by atoms with Crippen LogP contribution in [0.25, 0.3) is 5.82 Å². The minimum Gasteiger partial charge on any atom is -0.372 e. The molecule has 3 heterocycles. The zero-order chi connectivity index (χ0) is 19.5. The summed E-state index contributed by atoms with van der Waals surface area (Å²) in [7, 11) is 2.08. The number of hydrogen-bond acceptors (Lipinski definition) is 4. The van der Waals surface area contributed by atoms with E-state index in [9.17, 15) is 4.79 Å². The lowest BCUT2D eigenvalue weighted by Gasteiger charge is -2.31. The summed E-state index contributed by atoms with van der Waals surface area (Å²) >= 11 is 0. The second kappa shape index (κ2) is 7.72. The Balaban J connectivity index is 1.63. The predicted molar refractivity (Wildman–Crippen MR) is 110 cm³/mol. The molecule has 0 spiro atoms. The SMILES string of the molecule is CCC1CN(C)c2ccccc2CN1C(=O)Nc1cccnc1-n1cccn1. The number of nitrogens with one attached hydrogen (secondary N) is 1. The molecule has 0 aliphatic carbocycles. The van der Waals surface area contributed by atoms with E-state index in [2.05, 4.69) is 46.4 Å². The Hall–Kier alpha value is -3.35. The molecular formula is C21H24N6O. The van der Waals surface area contributed by atoms with Crippen molar-refractivity contribution in [3.05, 3.63) is 66.6 Å². The molecular weight excluding hydrogens is 352 g/mol. The van der Waals surface area contributed by atoms with Gasteiger partial charge in [-0.2, -0.15) is 5.10 Å². The third kappa shape index (κ3) is 3.43. The Morgan fingerprint density at radius 1 is 1.18 bits per heavy atom. The van der Waals surface area contributed by atoms with Crippen molar-refractivity contribution in [2.75, 3.05) is 23.8 Å². The van der Waals surface area contributed by atoms with E-state index in [-0.39, 0.29) is 12.1 Å². The van der Waals surface area contributed by atoms with Crippen molar-refractivity contribution in [1.29, 1.82) is 0 Å². The standard InChI is InChI=1S/C21H24N6O/c1-3-17-15-25(2)19-10-5-4-8-16(19)14-26(17)21(28)24-18-9-6-11-22-20(18)27-13-7-12-23-27/h4-13,17H,3,14-15H2,1-2H3,(H,24,28). The summed E-state index contributed by atoms with van der Waals surface area (Å²) in [5.41, 5.74) is 2.96. The fraction of sp³-hybridized carbons (Fsp3) is 0.286. The summed E-state index contributed by atoms with van der Waals surface area (Å²) in [6, 6.07) is 13.7. The summed E-state index contributed by atoms with van der Waals surface area (Å²) in [6.45, 7) is 3.48. The van der Waals surface area contributed by atoms with Crippen molar-refractivity contribution >= 4 is 17.4 Å². The molecule has 0 fully saturated rings. The molecule has 1 unspecified atom stereocenters. The van der Waals surface area contributed by atoms with Gasteiger partial charge in [-0.1, -0.05) is 25.1 Å². The fourth-order valence-electron chi connectivity index (χ4n) is 3.69. The van der Waals surface area contributed by atoms with Crippen LogP contribution in [0.1, 0.15) is 18.9 Å². The molecule has 1 N–H and O–H groups in total. The van der Waals surface area contributed by atoms with Crippen LogP contribution in [0.3, 0.4) is 0 Å². The van der Waals surface area contributed by atoms with Crippen LogP contribution >= 0.6 is 0 Å². The van der Waals surface area contributed by atoms with Crippen molar-refractivity contribution in [2.24, 2.45) is 0 Å². The first-order chi connectivity index (χ1) is 13.7. The van der Waals surface area contributed by atoms with Gasteiger partial charge < -0.3 is 15.1 Å². The number of anilines is 2. The maximum Gasteiger partial charge on any atom is 0.322 e. The largest absolute Gasteiger partial charge is 0.372 e. The molecule has 0 radical (unpaired) electrons. The number of carbonyl (C=O) groups is 1. The number of urea groups is 1. The van der Waals surface area contributed by atoms with Gasteiger partial charge in [-0.25, -0.2) is 14.5 Å². The number of fused-ring (bicyclic) bond motifs is 1. The van der Waals surface area contributed by atoms with E-state index in [1.165, 1.54) is 5.69 Å². The van der Waals surface area contributed by atoms with E-state index in [1.54, 1.807) is 17.1 Å². The second-order valence-electron chi connectivity index (χ2n) is 6.95. The van der Waals surface area contributed by atoms with E-state index < -0.39 is 0 Å². The Morgan fingerprint density at radius 2 is 2.04 bits per heavy atom. The van der Waals surface area contributed by atoms with Gasteiger partial charge >= 0.3 is 6.03 Å². The molecule has 3 aromatic rings. The van der Waals surface area contributed by atoms with Gasteiger partial charge in [0.15, 0.2) is 5.82 Å². The van der Waals surface area contributed by atoms with E-state index in [0.717, 1.165) is 18.5 Å². The molecule has 1 aliphatic rings. The first-order valence-corrected chi connectivity index (χ1v) is 9.49. The highest BCUT2D eigenvalue weighted by Gasteiger charge is 2.29. The van der Waals surface area contributed by atoms with Gasteiger partial charge in [0.05, 0.1) is 11.7 Å². The van der Waals surface area contributed by atoms with Crippen LogP contribution in [0, 0.1) is 0 Å². The molecule has 4 rings (SSSR count). The molecule has 1 aromatic carbocycles. The Morgan fingerprint density at radius 3 is 2.82 bits per heavy atom. The molecule has 0 bridgehead atoms. The maximum absolute atomic E-state index is 13.3. The van der Waals surface area contributed by atoms with Gasteiger partial charge in [0, 0.05) is 44.4 Å². The number of rotatable bonds is 3. The van der Waals surface area contributed by atoms with Crippen LogP contribution < -0.4 is 10.2 Å². The van der Waals surface area contributed by atoms with Crippen LogP contribution in [-0.4, -0.2) is 45.3 Å².